The first-order valence-electron chi connectivity index (χ1n) is 6.25. The lowest BCUT2D eigenvalue weighted by Crippen LogP contribution is -2.33. The number of likely N-dealkylation sites (N-methyl/N-ethyl adjacent to an activating group) is 1. The number of anilines is 2. The molecule has 1 rings (SSSR count). The van der Waals surface area contributed by atoms with E-state index < -0.39 is 10.0 Å². The molecular weight excluding hydrogens is 278 g/mol. The number of methoxy groups -OCH3 is 1. The Balaban J connectivity index is 3.23. The molecule has 0 aliphatic carbocycles. The standard InChI is InChI=1S/C13H23N3O3S/c1-10(9-19-5)16(4)13-8-11(6-7-12(13)14)20(17,18)15(2)3/h6-8,10H,9,14H2,1-5H3. The predicted octanol–water partition coefficient (Wildman–Crippen LogP) is 0.990. The zero-order valence-corrected chi connectivity index (χ0v) is 13.4. The number of hydrogen-bond donors (Lipinski definition) is 1. The molecule has 0 spiro atoms. The minimum absolute atomic E-state index is 0.0830. The fraction of sp³-hybridized carbons (Fsp3) is 0.538. The molecule has 6 nitrogen and oxygen atoms in total. The maximum Gasteiger partial charge on any atom is 0.242 e. The van der Waals surface area contributed by atoms with Gasteiger partial charge in [-0.1, -0.05) is 0 Å². The first kappa shape index (κ1) is 16.7. The van der Waals surface area contributed by atoms with Crippen LogP contribution < -0.4 is 10.6 Å². The molecule has 0 fully saturated rings. The molecule has 2 N–H and O–H groups in total. The summed E-state index contributed by atoms with van der Waals surface area (Å²) in [7, 11) is 3.03. The second-order valence-corrected chi connectivity index (χ2v) is 7.08. The van der Waals surface area contributed by atoms with Crippen molar-refractivity contribution in [3.8, 4) is 0 Å². The first-order valence-corrected chi connectivity index (χ1v) is 7.69. The van der Waals surface area contributed by atoms with Gasteiger partial charge in [-0.2, -0.15) is 0 Å². The highest BCUT2D eigenvalue weighted by molar-refractivity contribution is 7.89. The number of nitrogen functional groups attached to an aromatic ring is 1. The molecule has 7 heteroatoms. The van der Waals surface area contributed by atoms with E-state index in [4.69, 9.17) is 10.5 Å². The van der Waals surface area contributed by atoms with Crippen molar-refractivity contribution in [2.24, 2.45) is 0 Å². The Morgan fingerprint density at radius 3 is 2.40 bits per heavy atom. The van der Waals surface area contributed by atoms with Gasteiger partial charge in [0.05, 0.1) is 22.9 Å². The van der Waals surface area contributed by atoms with Crippen LogP contribution in [0, 0.1) is 0 Å². The molecule has 0 saturated heterocycles. The summed E-state index contributed by atoms with van der Waals surface area (Å²) >= 11 is 0. The highest BCUT2D eigenvalue weighted by Gasteiger charge is 2.20. The highest BCUT2D eigenvalue weighted by Crippen LogP contribution is 2.28. The fourth-order valence-corrected chi connectivity index (χ4v) is 2.71. The van der Waals surface area contributed by atoms with E-state index in [1.165, 1.54) is 24.5 Å². The van der Waals surface area contributed by atoms with Crippen molar-refractivity contribution in [3.63, 3.8) is 0 Å². The number of rotatable bonds is 6. The largest absolute Gasteiger partial charge is 0.397 e. The molecule has 1 aromatic carbocycles. The van der Waals surface area contributed by atoms with Crippen molar-refractivity contribution in [1.29, 1.82) is 0 Å². The predicted molar refractivity (Wildman–Crippen MR) is 81.5 cm³/mol. The average molecular weight is 301 g/mol. The lowest BCUT2D eigenvalue weighted by atomic mass is 10.2. The number of sulfonamides is 1. The normalized spacial score (nSPS) is 13.5. The Hall–Kier alpha value is -1.31. The van der Waals surface area contributed by atoms with Gasteiger partial charge in [0.15, 0.2) is 0 Å². The van der Waals surface area contributed by atoms with Gasteiger partial charge in [0.2, 0.25) is 10.0 Å². The molecule has 1 aromatic rings. The van der Waals surface area contributed by atoms with Crippen LogP contribution in [0.5, 0.6) is 0 Å². The molecule has 114 valence electrons. The van der Waals surface area contributed by atoms with E-state index in [1.807, 2.05) is 18.9 Å². The molecular formula is C13H23N3O3S. The topological polar surface area (TPSA) is 75.9 Å². The summed E-state index contributed by atoms with van der Waals surface area (Å²) in [5.74, 6) is 0. The Kier molecular flexibility index (Phi) is 5.38. The number of benzene rings is 1. The quantitative estimate of drug-likeness (QED) is 0.793. The van der Waals surface area contributed by atoms with Crippen molar-refractivity contribution in [2.45, 2.75) is 17.9 Å². The van der Waals surface area contributed by atoms with Gasteiger partial charge in [0.1, 0.15) is 0 Å². The van der Waals surface area contributed by atoms with Crippen molar-refractivity contribution in [1.82, 2.24) is 4.31 Å². The van der Waals surface area contributed by atoms with Crippen molar-refractivity contribution in [2.75, 3.05) is 45.5 Å². The second kappa shape index (κ2) is 6.43. The summed E-state index contributed by atoms with van der Waals surface area (Å²) in [6.45, 7) is 2.51. The molecule has 0 bridgehead atoms. The highest BCUT2D eigenvalue weighted by atomic mass is 32.2. The van der Waals surface area contributed by atoms with Gasteiger partial charge in [0.25, 0.3) is 0 Å². The number of hydrogen-bond acceptors (Lipinski definition) is 5. The minimum atomic E-state index is -3.47. The summed E-state index contributed by atoms with van der Waals surface area (Å²) in [5, 5.41) is 0. The molecule has 0 saturated carbocycles. The maximum absolute atomic E-state index is 12.2. The van der Waals surface area contributed by atoms with Crippen LogP contribution in [0.3, 0.4) is 0 Å². The van der Waals surface area contributed by atoms with Gasteiger partial charge in [-0.25, -0.2) is 12.7 Å². The van der Waals surface area contributed by atoms with Gasteiger partial charge in [0, 0.05) is 34.3 Å². The van der Waals surface area contributed by atoms with E-state index in [-0.39, 0.29) is 10.9 Å². The Bertz CT molecular complexity index is 558. The molecule has 0 aliphatic heterocycles. The lowest BCUT2D eigenvalue weighted by Gasteiger charge is -2.28. The summed E-state index contributed by atoms with van der Waals surface area (Å²) in [6.07, 6.45) is 0. The Morgan fingerprint density at radius 2 is 1.90 bits per heavy atom. The van der Waals surface area contributed by atoms with Gasteiger partial charge in [-0.15, -0.1) is 0 Å². The van der Waals surface area contributed by atoms with E-state index in [0.717, 1.165) is 0 Å². The smallest absolute Gasteiger partial charge is 0.242 e. The Labute approximate surface area is 121 Å². The molecule has 1 atom stereocenters. The summed E-state index contributed by atoms with van der Waals surface area (Å²) in [4.78, 5) is 2.14. The fourth-order valence-electron chi connectivity index (χ4n) is 1.79. The second-order valence-electron chi connectivity index (χ2n) is 4.92. The van der Waals surface area contributed by atoms with E-state index in [1.54, 1.807) is 19.2 Å². The number of nitrogens with two attached hydrogens (primary N) is 1. The third-order valence-electron chi connectivity index (χ3n) is 3.23. The van der Waals surface area contributed by atoms with Crippen LogP contribution >= 0.6 is 0 Å². The van der Waals surface area contributed by atoms with Crippen LogP contribution in [0.15, 0.2) is 23.1 Å². The molecule has 0 amide bonds. The minimum Gasteiger partial charge on any atom is -0.397 e. The van der Waals surface area contributed by atoms with E-state index in [0.29, 0.717) is 18.0 Å². The third kappa shape index (κ3) is 3.41. The van der Waals surface area contributed by atoms with Crippen molar-refractivity contribution in [3.05, 3.63) is 18.2 Å². The van der Waals surface area contributed by atoms with Crippen molar-refractivity contribution >= 4 is 21.4 Å². The zero-order valence-electron chi connectivity index (χ0n) is 12.6. The van der Waals surface area contributed by atoms with Gasteiger partial charge in [-0.05, 0) is 25.1 Å². The van der Waals surface area contributed by atoms with Crippen LogP contribution in [-0.2, 0) is 14.8 Å². The third-order valence-corrected chi connectivity index (χ3v) is 5.04. The molecule has 1 unspecified atom stereocenters. The Morgan fingerprint density at radius 1 is 1.30 bits per heavy atom. The number of nitrogens with zero attached hydrogens (tertiary/aromatic N) is 2. The van der Waals surface area contributed by atoms with Crippen LogP contribution in [0.2, 0.25) is 0 Å². The van der Waals surface area contributed by atoms with E-state index >= 15 is 0 Å². The first-order chi connectivity index (χ1) is 9.21. The van der Waals surface area contributed by atoms with E-state index in [9.17, 15) is 8.42 Å². The molecule has 0 radical (unpaired) electrons. The van der Waals surface area contributed by atoms with Gasteiger partial charge >= 0.3 is 0 Å². The molecule has 0 aliphatic rings. The van der Waals surface area contributed by atoms with Gasteiger partial charge in [-0.3, -0.25) is 0 Å². The number of ether oxygens (including phenoxy) is 1. The van der Waals surface area contributed by atoms with Crippen LogP contribution in [0.25, 0.3) is 0 Å². The SMILES string of the molecule is COCC(C)N(C)c1cc(S(=O)(=O)N(C)C)ccc1N. The van der Waals surface area contributed by atoms with Crippen LogP contribution in [0.4, 0.5) is 11.4 Å². The van der Waals surface area contributed by atoms with E-state index in [2.05, 4.69) is 0 Å². The summed E-state index contributed by atoms with van der Waals surface area (Å²) < 4.78 is 30.6. The monoisotopic (exact) mass is 301 g/mol. The van der Waals surface area contributed by atoms with Crippen LogP contribution in [0.1, 0.15) is 6.92 Å². The lowest BCUT2D eigenvalue weighted by molar-refractivity contribution is 0.183. The molecule has 20 heavy (non-hydrogen) atoms. The molecule has 0 aromatic heterocycles. The maximum atomic E-state index is 12.2. The van der Waals surface area contributed by atoms with Crippen LogP contribution in [-0.4, -0.2) is 53.6 Å². The zero-order chi connectivity index (χ0) is 15.5. The van der Waals surface area contributed by atoms with Crippen molar-refractivity contribution < 1.29 is 13.2 Å². The summed E-state index contributed by atoms with van der Waals surface area (Å²) in [6, 6.07) is 4.81. The molecule has 0 heterocycles. The van der Waals surface area contributed by atoms with Gasteiger partial charge < -0.3 is 15.4 Å². The summed E-state index contributed by atoms with van der Waals surface area (Å²) in [5.41, 5.74) is 7.17. The average Bonchev–Trinajstić information content (AvgIpc) is 2.38.